The number of nitrogens with two attached hydrogens (primary N) is 1. The molecule has 1 aliphatic heterocycles. The third kappa shape index (κ3) is 7.89. The van der Waals surface area contributed by atoms with Crippen molar-refractivity contribution in [2.24, 2.45) is 0 Å². The number of aromatic nitrogens is 3. The Morgan fingerprint density at radius 1 is 1.14 bits per heavy atom. The number of esters is 1. The maximum Gasteiger partial charge on any atom is 0.305 e. The van der Waals surface area contributed by atoms with Crippen LogP contribution in [0.3, 0.4) is 0 Å². The van der Waals surface area contributed by atoms with Gasteiger partial charge in [-0.25, -0.2) is 9.50 Å². The number of aliphatic hydroxyl groups is 1. The van der Waals surface area contributed by atoms with Gasteiger partial charge in [0.15, 0.2) is 5.82 Å². The predicted octanol–water partition coefficient (Wildman–Crippen LogP) is 5.20. The molecule has 0 radical (unpaired) electrons. The van der Waals surface area contributed by atoms with Crippen LogP contribution in [0.2, 0.25) is 0 Å². The molecule has 9 nitrogen and oxygen atoms in total. The average Bonchev–Trinajstić information content (AvgIpc) is 3.47. The van der Waals surface area contributed by atoms with E-state index in [9.17, 15) is 15.2 Å². The van der Waals surface area contributed by atoms with E-state index >= 15 is 0 Å². The molecule has 3 heterocycles. The lowest BCUT2D eigenvalue weighted by molar-refractivity contribution is -0.149. The second-order valence-electron chi connectivity index (χ2n) is 10.2. The number of carbonyl (C=O) groups is 1. The third-order valence-electron chi connectivity index (χ3n) is 7.25. The first-order valence-electron chi connectivity index (χ1n) is 14.0. The highest BCUT2D eigenvalue weighted by atomic mass is 16.6. The lowest BCUT2D eigenvalue weighted by Crippen LogP contribution is -2.36. The number of anilines is 1. The van der Waals surface area contributed by atoms with Crippen LogP contribution in [0.4, 0.5) is 5.82 Å². The van der Waals surface area contributed by atoms with Gasteiger partial charge in [-0.15, -0.1) is 0 Å². The summed E-state index contributed by atoms with van der Waals surface area (Å²) in [7, 11) is 0. The maximum atomic E-state index is 12.2. The molecule has 37 heavy (non-hydrogen) atoms. The molecule has 1 fully saturated rings. The molecule has 1 aliphatic rings. The minimum absolute atomic E-state index is 0.00179. The van der Waals surface area contributed by atoms with Crippen LogP contribution < -0.4 is 5.73 Å². The van der Waals surface area contributed by atoms with Gasteiger partial charge in [0.25, 0.3) is 0 Å². The first-order chi connectivity index (χ1) is 18.0. The Bertz CT molecular complexity index is 1020. The summed E-state index contributed by atoms with van der Waals surface area (Å²) >= 11 is 0. The second kappa shape index (κ2) is 14.9. The van der Waals surface area contributed by atoms with Gasteiger partial charge in [-0.2, -0.15) is 10.4 Å². The summed E-state index contributed by atoms with van der Waals surface area (Å²) in [4.78, 5) is 16.2. The number of rotatable bonds is 17. The Balaban J connectivity index is 1.30. The quantitative estimate of drug-likeness (QED) is 0.217. The molecule has 3 N–H and O–H groups in total. The van der Waals surface area contributed by atoms with Crippen LogP contribution in [-0.2, 0) is 19.9 Å². The van der Waals surface area contributed by atoms with Crippen molar-refractivity contribution in [3.05, 3.63) is 24.2 Å². The van der Waals surface area contributed by atoms with Crippen molar-refractivity contribution in [1.82, 2.24) is 14.6 Å². The Kier molecular flexibility index (Phi) is 11.6. The number of nitriles is 1. The van der Waals surface area contributed by atoms with Crippen LogP contribution in [0.15, 0.2) is 18.5 Å². The molecule has 0 amide bonds. The fourth-order valence-corrected chi connectivity index (χ4v) is 5.08. The van der Waals surface area contributed by atoms with Gasteiger partial charge in [-0.1, -0.05) is 84.0 Å². The van der Waals surface area contributed by atoms with Crippen LogP contribution in [-0.4, -0.2) is 44.5 Å². The Morgan fingerprint density at radius 2 is 1.76 bits per heavy atom. The average molecular weight is 514 g/mol. The number of fused-ring (bicyclic) bond motifs is 1. The highest BCUT2D eigenvalue weighted by Crippen LogP contribution is 2.40. The smallest absolute Gasteiger partial charge is 0.305 e. The fourth-order valence-electron chi connectivity index (χ4n) is 5.08. The molecule has 1 saturated heterocycles. The third-order valence-corrected chi connectivity index (χ3v) is 7.25. The van der Waals surface area contributed by atoms with Crippen LogP contribution in [0.1, 0.15) is 109 Å². The van der Waals surface area contributed by atoms with Gasteiger partial charge in [0.2, 0.25) is 5.60 Å². The predicted molar refractivity (Wildman–Crippen MR) is 141 cm³/mol. The molecule has 2 aromatic heterocycles. The van der Waals surface area contributed by atoms with Gasteiger partial charge in [-0.3, -0.25) is 4.79 Å². The number of hydrogen-bond donors (Lipinski definition) is 2. The van der Waals surface area contributed by atoms with Crippen LogP contribution in [0, 0.1) is 11.3 Å². The molecule has 0 saturated carbocycles. The summed E-state index contributed by atoms with van der Waals surface area (Å²) < 4.78 is 12.8. The first-order valence-corrected chi connectivity index (χ1v) is 14.0. The molecule has 9 heteroatoms. The van der Waals surface area contributed by atoms with E-state index in [1.165, 1.54) is 75.1 Å². The Hall–Kier alpha value is -2.70. The van der Waals surface area contributed by atoms with E-state index < -0.39 is 17.8 Å². The lowest BCUT2D eigenvalue weighted by atomic mass is 9.94. The van der Waals surface area contributed by atoms with Gasteiger partial charge in [-0.05, 0) is 18.6 Å². The summed E-state index contributed by atoms with van der Waals surface area (Å²) in [6.45, 7) is 2.25. The molecule has 0 unspecified atom stereocenters. The van der Waals surface area contributed by atoms with Crippen molar-refractivity contribution in [1.29, 1.82) is 5.26 Å². The Morgan fingerprint density at radius 3 is 2.38 bits per heavy atom. The fraction of sp³-hybridized carbons (Fsp3) is 0.714. The summed E-state index contributed by atoms with van der Waals surface area (Å²) in [6.07, 6.45) is 16.4. The second-order valence-corrected chi connectivity index (χ2v) is 10.2. The number of carbonyl (C=O) groups excluding carboxylic acids is 1. The zero-order valence-electron chi connectivity index (χ0n) is 22.2. The van der Waals surface area contributed by atoms with E-state index in [1.54, 1.807) is 12.1 Å². The van der Waals surface area contributed by atoms with Crippen molar-refractivity contribution in [3.8, 4) is 6.07 Å². The number of ether oxygens (including phenoxy) is 2. The highest BCUT2D eigenvalue weighted by molar-refractivity contribution is 5.69. The van der Waals surface area contributed by atoms with Gasteiger partial charge in [0.1, 0.15) is 30.6 Å². The highest BCUT2D eigenvalue weighted by Gasteiger charge is 2.52. The number of unbranched alkanes of at least 4 members (excludes halogenated alkanes) is 12. The first kappa shape index (κ1) is 28.9. The molecule has 3 rings (SSSR count). The number of hydrogen-bond acceptors (Lipinski definition) is 8. The van der Waals surface area contributed by atoms with E-state index in [0.29, 0.717) is 17.6 Å². The zero-order chi connectivity index (χ0) is 26.5. The molecule has 0 spiro atoms. The Labute approximate surface area is 220 Å². The van der Waals surface area contributed by atoms with Crippen LogP contribution in [0.5, 0.6) is 0 Å². The molecule has 3 atom stereocenters. The van der Waals surface area contributed by atoms with Gasteiger partial charge < -0.3 is 20.3 Å². The monoisotopic (exact) mass is 513 g/mol. The van der Waals surface area contributed by atoms with E-state index in [1.807, 2.05) is 0 Å². The van der Waals surface area contributed by atoms with E-state index in [0.717, 1.165) is 19.3 Å². The van der Waals surface area contributed by atoms with E-state index in [-0.39, 0.29) is 24.8 Å². The summed E-state index contributed by atoms with van der Waals surface area (Å²) in [6, 6.07) is 5.44. The van der Waals surface area contributed by atoms with Crippen molar-refractivity contribution in [2.45, 2.75) is 121 Å². The molecular weight excluding hydrogens is 470 g/mol. The van der Waals surface area contributed by atoms with Gasteiger partial charge in [0, 0.05) is 12.8 Å². The zero-order valence-corrected chi connectivity index (χ0v) is 22.2. The number of nitrogen functional groups attached to an aromatic ring is 1. The SMILES string of the molecule is CCCCCCCCCCCCCCCC(=O)OC[C@@H]1C[C@@H](O)[C@](C#N)(c2ccc3c(N)ncnn23)O1. The van der Waals surface area contributed by atoms with Gasteiger partial charge >= 0.3 is 5.97 Å². The summed E-state index contributed by atoms with van der Waals surface area (Å²) in [5, 5.41) is 24.8. The van der Waals surface area contributed by atoms with Crippen molar-refractivity contribution in [3.63, 3.8) is 0 Å². The molecule has 0 aliphatic carbocycles. The molecule has 0 aromatic carbocycles. The minimum Gasteiger partial charge on any atom is -0.463 e. The largest absolute Gasteiger partial charge is 0.463 e. The lowest BCUT2D eigenvalue weighted by Gasteiger charge is -2.24. The van der Waals surface area contributed by atoms with Crippen molar-refractivity contribution >= 4 is 17.3 Å². The maximum absolute atomic E-state index is 12.2. The summed E-state index contributed by atoms with van der Waals surface area (Å²) in [5.41, 5.74) is 5.15. The molecule has 0 bridgehead atoms. The van der Waals surface area contributed by atoms with Crippen LogP contribution >= 0.6 is 0 Å². The van der Waals surface area contributed by atoms with Crippen LogP contribution in [0.25, 0.3) is 5.52 Å². The van der Waals surface area contributed by atoms with Crippen molar-refractivity contribution < 1.29 is 19.4 Å². The van der Waals surface area contributed by atoms with Crippen molar-refractivity contribution in [2.75, 3.05) is 12.3 Å². The topological polar surface area (TPSA) is 136 Å². The van der Waals surface area contributed by atoms with E-state index in [2.05, 4.69) is 23.1 Å². The molecule has 2 aromatic rings. The normalized spacial score (nSPS) is 21.3. The standard InChI is InChI=1S/C28H43N5O4/c1-2-3-4-5-6-7-8-9-10-11-12-13-14-15-26(35)36-19-22-18-25(34)28(20-29,37-22)24-17-16-23-27(30)31-21-32-33(23)24/h16-17,21-22,25,34H,2-15,18-19H2,1H3,(H2,30,31,32)/t22-,25+,28-/m0/s1. The molecule has 204 valence electrons. The van der Waals surface area contributed by atoms with Gasteiger partial charge in [0.05, 0.1) is 11.8 Å². The minimum atomic E-state index is -1.63. The number of aliphatic hydroxyl groups excluding tert-OH is 1. The summed E-state index contributed by atoms with van der Waals surface area (Å²) in [5.74, 6) is -0.00950. The van der Waals surface area contributed by atoms with E-state index in [4.69, 9.17) is 15.2 Å². The molecular formula is C28H43N5O4. The number of nitrogens with zero attached hydrogens (tertiary/aromatic N) is 4.